The highest BCUT2D eigenvalue weighted by Gasteiger charge is 2.21. The smallest absolute Gasteiger partial charge is 0.138 e. The molecule has 18 heavy (non-hydrogen) atoms. The maximum absolute atomic E-state index is 9.13. The van der Waals surface area contributed by atoms with E-state index in [-0.39, 0.29) is 18.1 Å². The first-order chi connectivity index (χ1) is 8.25. The van der Waals surface area contributed by atoms with E-state index in [0.29, 0.717) is 12.4 Å². The topological polar surface area (TPSA) is 75.3 Å². The highest BCUT2D eigenvalue weighted by Crippen LogP contribution is 2.23. The number of nitrogens with two attached hydrogens (primary N) is 1. The van der Waals surface area contributed by atoms with E-state index in [2.05, 4.69) is 44.6 Å². The summed E-state index contributed by atoms with van der Waals surface area (Å²) in [6.45, 7) is 10.9. The molecule has 0 saturated carbocycles. The van der Waals surface area contributed by atoms with Crippen molar-refractivity contribution in [3.63, 3.8) is 0 Å². The van der Waals surface area contributed by atoms with Gasteiger partial charge in [-0.2, -0.15) is 0 Å². The van der Waals surface area contributed by atoms with Crippen molar-refractivity contribution >= 4 is 11.6 Å². The number of rotatable bonds is 4. The average Bonchev–Trinajstić information content (AvgIpc) is 2.23. The van der Waals surface area contributed by atoms with Crippen LogP contribution in [0.4, 0.5) is 11.6 Å². The molecule has 0 fully saturated rings. The van der Waals surface area contributed by atoms with Gasteiger partial charge in [0.15, 0.2) is 0 Å². The molecule has 0 atom stereocenters. The van der Waals surface area contributed by atoms with E-state index < -0.39 is 0 Å². The van der Waals surface area contributed by atoms with Gasteiger partial charge in [0.05, 0.1) is 6.61 Å². The molecule has 0 aromatic carbocycles. The summed E-state index contributed by atoms with van der Waals surface area (Å²) in [5, 5.41) is 9.13. The fraction of sp³-hybridized carbons (Fsp3) is 0.692. The van der Waals surface area contributed by atoms with Gasteiger partial charge < -0.3 is 15.7 Å². The van der Waals surface area contributed by atoms with Gasteiger partial charge >= 0.3 is 0 Å². The van der Waals surface area contributed by atoms with Gasteiger partial charge in [0.1, 0.15) is 17.5 Å². The van der Waals surface area contributed by atoms with Gasteiger partial charge in [0, 0.05) is 24.1 Å². The third-order valence-electron chi connectivity index (χ3n) is 2.66. The second-order valence-corrected chi connectivity index (χ2v) is 5.74. The van der Waals surface area contributed by atoms with E-state index >= 15 is 0 Å². The second kappa shape index (κ2) is 5.52. The van der Waals surface area contributed by atoms with Crippen molar-refractivity contribution in [3.8, 4) is 0 Å². The lowest BCUT2D eigenvalue weighted by Crippen LogP contribution is -2.35. The molecule has 0 bridgehead atoms. The number of aliphatic hydroxyl groups is 1. The molecule has 3 N–H and O–H groups in total. The lowest BCUT2D eigenvalue weighted by atomic mass is 9.96. The minimum Gasteiger partial charge on any atom is -0.395 e. The van der Waals surface area contributed by atoms with Crippen molar-refractivity contribution < 1.29 is 5.11 Å². The van der Waals surface area contributed by atoms with Crippen LogP contribution in [0.15, 0.2) is 6.07 Å². The van der Waals surface area contributed by atoms with E-state index in [1.807, 2.05) is 4.90 Å². The first-order valence-electron chi connectivity index (χ1n) is 6.28. The summed E-state index contributed by atoms with van der Waals surface area (Å²) >= 11 is 0. The summed E-state index contributed by atoms with van der Waals surface area (Å²) in [5.41, 5.74) is 5.70. The van der Waals surface area contributed by atoms with Crippen molar-refractivity contribution in [1.82, 2.24) is 9.97 Å². The minimum atomic E-state index is -0.147. The molecule has 5 heteroatoms. The van der Waals surface area contributed by atoms with Gasteiger partial charge in [0.25, 0.3) is 0 Å². The molecule has 0 unspecified atom stereocenters. The average molecular weight is 252 g/mol. The Kier molecular flexibility index (Phi) is 4.51. The Morgan fingerprint density at radius 2 is 1.94 bits per heavy atom. The minimum absolute atomic E-state index is 0.0902. The number of aromatic nitrogens is 2. The van der Waals surface area contributed by atoms with Crippen LogP contribution in [0.5, 0.6) is 0 Å². The SMILES string of the molecule is CC(C)N(CCO)c1cc(N)nc(C(C)(C)C)n1. The summed E-state index contributed by atoms with van der Waals surface area (Å²) in [6, 6.07) is 2.00. The Morgan fingerprint density at radius 3 is 2.39 bits per heavy atom. The van der Waals surface area contributed by atoms with Gasteiger partial charge in [-0.05, 0) is 13.8 Å². The van der Waals surface area contributed by atoms with Crippen molar-refractivity contribution in [2.24, 2.45) is 0 Å². The molecule has 0 aliphatic rings. The van der Waals surface area contributed by atoms with E-state index in [1.165, 1.54) is 0 Å². The van der Waals surface area contributed by atoms with Crippen molar-refractivity contribution in [3.05, 3.63) is 11.9 Å². The number of nitrogens with zero attached hydrogens (tertiary/aromatic N) is 3. The Morgan fingerprint density at radius 1 is 1.33 bits per heavy atom. The number of hydrogen-bond acceptors (Lipinski definition) is 5. The Bertz CT molecular complexity index is 398. The Balaban J connectivity index is 3.19. The van der Waals surface area contributed by atoms with Crippen molar-refractivity contribution in [1.29, 1.82) is 0 Å². The summed E-state index contributed by atoms with van der Waals surface area (Å²) in [7, 11) is 0. The zero-order valence-electron chi connectivity index (χ0n) is 11.9. The van der Waals surface area contributed by atoms with Gasteiger partial charge in [-0.15, -0.1) is 0 Å². The van der Waals surface area contributed by atoms with Crippen LogP contribution in [-0.4, -0.2) is 34.3 Å². The third-order valence-corrected chi connectivity index (χ3v) is 2.66. The van der Waals surface area contributed by atoms with Crippen LogP contribution >= 0.6 is 0 Å². The molecule has 0 radical (unpaired) electrons. The van der Waals surface area contributed by atoms with E-state index in [9.17, 15) is 0 Å². The quantitative estimate of drug-likeness (QED) is 0.850. The van der Waals surface area contributed by atoms with Gasteiger partial charge in [-0.25, -0.2) is 9.97 Å². The van der Waals surface area contributed by atoms with Gasteiger partial charge in [-0.3, -0.25) is 0 Å². The lowest BCUT2D eigenvalue weighted by molar-refractivity contribution is 0.298. The van der Waals surface area contributed by atoms with Crippen molar-refractivity contribution in [2.75, 3.05) is 23.8 Å². The molecule has 1 aromatic heterocycles. The first kappa shape index (κ1) is 14.7. The van der Waals surface area contributed by atoms with Crippen LogP contribution in [0.3, 0.4) is 0 Å². The third kappa shape index (κ3) is 3.57. The van der Waals surface area contributed by atoms with Crippen LogP contribution in [-0.2, 0) is 5.41 Å². The van der Waals surface area contributed by atoms with Crippen LogP contribution in [0, 0.1) is 0 Å². The molecule has 102 valence electrons. The molecule has 0 aliphatic heterocycles. The molecule has 1 rings (SSSR count). The highest BCUT2D eigenvalue weighted by atomic mass is 16.3. The first-order valence-corrected chi connectivity index (χ1v) is 6.28. The molecule has 5 nitrogen and oxygen atoms in total. The zero-order chi connectivity index (χ0) is 13.9. The maximum Gasteiger partial charge on any atom is 0.138 e. The number of aliphatic hydroxyl groups excluding tert-OH is 1. The predicted molar refractivity (Wildman–Crippen MR) is 74.7 cm³/mol. The fourth-order valence-corrected chi connectivity index (χ4v) is 1.68. The monoisotopic (exact) mass is 252 g/mol. The zero-order valence-corrected chi connectivity index (χ0v) is 11.9. The normalized spacial score (nSPS) is 11.9. The standard InChI is InChI=1S/C13H24N4O/c1-9(2)17(6-7-18)11-8-10(14)15-12(16-11)13(3,4)5/h8-9,18H,6-7H2,1-5H3,(H2,14,15,16). The molecular weight excluding hydrogens is 228 g/mol. The largest absolute Gasteiger partial charge is 0.395 e. The highest BCUT2D eigenvalue weighted by molar-refractivity contribution is 5.48. The van der Waals surface area contributed by atoms with E-state index in [1.54, 1.807) is 6.07 Å². The molecule has 1 heterocycles. The predicted octanol–water partition coefficient (Wildman–Crippen LogP) is 1.56. The molecule has 0 spiro atoms. The number of hydrogen-bond donors (Lipinski definition) is 2. The summed E-state index contributed by atoms with van der Waals surface area (Å²) in [6.07, 6.45) is 0. The van der Waals surface area contributed by atoms with Gasteiger partial charge in [0.2, 0.25) is 0 Å². The summed E-state index contributed by atoms with van der Waals surface area (Å²) in [4.78, 5) is 10.9. The second-order valence-electron chi connectivity index (χ2n) is 5.74. The Labute approximate surface area is 109 Å². The lowest BCUT2D eigenvalue weighted by Gasteiger charge is -2.28. The van der Waals surface area contributed by atoms with E-state index in [0.717, 1.165) is 11.6 Å². The molecular formula is C13H24N4O. The maximum atomic E-state index is 9.13. The van der Waals surface area contributed by atoms with Crippen LogP contribution in [0.2, 0.25) is 0 Å². The van der Waals surface area contributed by atoms with Gasteiger partial charge in [-0.1, -0.05) is 20.8 Å². The molecule has 0 saturated heterocycles. The molecule has 1 aromatic rings. The van der Waals surface area contributed by atoms with Crippen LogP contribution in [0.25, 0.3) is 0 Å². The molecule has 0 aliphatic carbocycles. The summed E-state index contributed by atoms with van der Waals surface area (Å²) in [5.74, 6) is 1.96. The van der Waals surface area contributed by atoms with Crippen molar-refractivity contribution in [2.45, 2.75) is 46.1 Å². The number of anilines is 2. The fourth-order valence-electron chi connectivity index (χ4n) is 1.68. The number of nitrogen functional groups attached to an aromatic ring is 1. The summed E-state index contributed by atoms with van der Waals surface area (Å²) < 4.78 is 0. The Hall–Kier alpha value is -1.36. The van der Waals surface area contributed by atoms with E-state index in [4.69, 9.17) is 10.8 Å². The van der Waals surface area contributed by atoms with Crippen LogP contribution < -0.4 is 10.6 Å². The van der Waals surface area contributed by atoms with Crippen LogP contribution in [0.1, 0.15) is 40.4 Å². The molecule has 0 amide bonds.